The molecule has 364 valence electrons. The van der Waals surface area contributed by atoms with Crippen molar-refractivity contribution in [3.05, 3.63) is 94.4 Å². The monoisotopic (exact) mass is 968 g/mol. The number of pyridine rings is 1. The minimum Gasteiger partial charge on any atom is -0.383 e. The zero-order valence-corrected chi connectivity index (χ0v) is 38.5. The Bertz CT molecular complexity index is 2790. The molecule has 21 heteroatoms. The zero-order valence-electron chi connectivity index (χ0n) is 37.7. The van der Waals surface area contributed by atoms with Gasteiger partial charge in [-0.25, -0.2) is 17.8 Å². The molecular weight excluding hydrogens is 916 g/mol. The fraction of sp³-hybridized carbons (Fsp3) is 0.396. The van der Waals surface area contributed by atoms with Crippen LogP contribution in [0.25, 0.3) is 22.3 Å². The van der Waals surface area contributed by atoms with Gasteiger partial charge in [0.05, 0.1) is 62.2 Å². The Labute approximate surface area is 397 Å². The van der Waals surface area contributed by atoms with E-state index in [9.17, 15) is 37.2 Å². The Hall–Kier alpha value is -6.81. The number of nitrogens with two attached hydrogens (primary N) is 1. The number of piperidine rings is 1. The normalized spacial score (nSPS) is 16.7. The summed E-state index contributed by atoms with van der Waals surface area (Å²) in [6.07, 6.45) is 3.88. The summed E-state index contributed by atoms with van der Waals surface area (Å²) in [5.41, 5.74) is 11.1. The average molecular weight is 969 g/mol. The highest BCUT2D eigenvalue weighted by Gasteiger charge is 2.45. The molecule has 1 aliphatic carbocycles. The van der Waals surface area contributed by atoms with Crippen LogP contribution in [0.2, 0.25) is 0 Å². The molecule has 19 nitrogen and oxygen atoms in total. The molecule has 4 heterocycles. The third-order valence-electron chi connectivity index (χ3n) is 12.2. The van der Waals surface area contributed by atoms with Crippen LogP contribution in [0.3, 0.4) is 0 Å². The molecule has 1 saturated carbocycles. The number of anilines is 3. The molecule has 1 saturated heterocycles. The highest BCUT2D eigenvalue weighted by atomic mass is 32.2. The van der Waals surface area contributed by atoms with E-state index in [1.807, 2.05) is 6.07 Å². The van der Waals surface area contributed by atoms with Gasteiger partial charge < -0.3 is 35.9 Å². The molecule has 1 atom stereocenters. The van der Waals surface area contributed by atoms with Gasteiger partial charge in [0.1, 0.15) is 17.7 Å². The first-order valence-electron chi connectivity index (χ1n) is 22.9. The number of sulfonamides is 1. The lowest BCUT2D eigenvalue weighted by Gasteiger charge is -2.27. The number of nitrogens with zero attached hydrogens (tertiary/aromatic N) is 2. The molecule has 8 rings (SSSR count). The van der Waals surface area contributed by atoms with Crippen molar-refractivity contribution >= 4 is 62.7 Å². The number of nitrogens with one attached hydrogen (secondary N) is 5. The SMILES string of the molecule is Nc1ncc(-c2ccc(NS(=O)(=O)CCCNC(=O)CCOCCOCCOCCNc3cccc4c3C(=O)N(C3CCC(=O)NC3=O)C4=O)c(C3CC3)c2F)cc1-c1ccc2c(c1)CCNC2=O. The molecule has 1 aromatic heterocycles. The van der Waals surface area contributed by atoms with Crippen LogP contribution in [0.15, 0.2) is 60.8 Å². The number of rotatable bonds is 23. The Morgan fingerprint density at radius 2 is 1.57 bits per heavy atom. The van der Waals surface area contributed by atoms with Crippen molar-refractivity contribution in [3.63, 3.8) is 0 Å². The van der Waals surface area contributed by atoms with Gasteiger partial charge in [-0.15, -0.1) is 0 Å². The van der Waals surface area contributed by atoms with Crippen LogP contribution in [0.1, 0.15) is 86.6 Å². The van der Waals surface area contributed by atoms with Gasteiger partial charge >= 0.3 is 0 Å². The summed E-state index contributed by atoms with van der Waals surface area (Å²) < 4.78 is 61.8. The summed E-state index contributed by atoms with van der Waals surface area (Å²) in [6.45, 7) is 2.41. The lowest BCUT2D eigenvalue weighted by atomic mass is 9.93. The molecule has 3 aliphatic heterocycles. The first-order valence-corrected chi connectivity index (χ1v) is 24.5. The van der Waals surface area contributed by atoms with E-state index in [0.29, 0.717) is 47.5 Å². The maximum Gasteiger partial charge on any atom is 0.264 e. The van der Waals surface area contributed by atoms with Crippen molar-refractivity contribution in [2.24, 2.45) is 0 Å². The second kappa shape index (κ2) is 21.6. The molecular formula is C48H53FN8O11S. The molecule has 4 aliphatic rings. The van der Waals surface area contributed by atoms with Gasteiger partial charge in [-0.1, -0.05) is 18.2 Å². The van der Waals surface area contributed by atoms with E-state index >= 15 is 4.39 Å². The molecule has 69 heavy (non-hydrogen) atoms. The lowest BCUT2D eigenvalue weighted by molar-refractivity contribution is -0.136. The first kappa shape index (κ1) is 48.6. The maximum absolute atomic E-state index is 16.4. The first-order chi connectivity index (χ1) is 33.3. The second-order valence-corrected chi connectivity index (χ2v) is 18.9. The molecule has 2 fully saturated rings. The van der Waals surface area contributed by atoms with Crippen LogP contribution < -0.4 is 31.7 Å². The summed E-state index contributed by atoms with van der Waals surface area (Å²) in [5.74, 6) is -3.47. The number of hydrogen-bond donors (Lipinski definition) is 6. The smallest absolute Gasteiger partial charge is 0.264 e. The van der Waals surface area contributed by atoms with E-state index in [1.54, 1.807) is 36.4 Å². The number of halogens is 1. The number of nitrogen functional groups attached to an aromatic ring is 1. The minimum atomic E-state index is -3.90. The standard InChI is InChI=1S/C48H53FN8O11S/c49-43-32(31-26-35(44(50)54-27-31)29-7-8-33-30(25-29)13-16-53-45(33)60)9-10-37(41(43)28-5-6-28)56-69(64,65)24-2-15-52-39(58)14-18-66-20-22-68-23-21-67-19-17-51-36-4-1-3-34-42(36)48(63)57(47(34)62)38-11-12-40(59)55-46(38)61/h1,3-4,7-10,25-28,38,51,56H,2,5-6,11-24H2,(H2,50,54)(H,52,58)(H,53,60)(H,55,59,61). The van der Waals surface area contributed by atoms with Crippen molar-refractivity contribution in [2.45, 2.75) is 56.9 Å². The predicted octanol–water partition coefficient (Wildman–Crippen LogP) is 3.50. The number of ether oxygens (including phenoxy) is 3. The molecule has 0 spiro atoms. The third-order valence-corrected chi connectivity index (χ3v) is 13.5. The van der Waals surface area contributed by atoms with Crippen molar-refractivity contribution in [2.75, 3.05) is 80.8 Å². The number of amides is 6. The van der Waals surface area contributed by atoms with Gasteiger partial charge in [0.15, 0.2) is 0 Å². The number of benzene rings is 3. The summed E-state index contributed by atoms with van der Waals surface area (Å²) in [6, 6.07) is 14.0. The van der Waals surface area contributed by atoms with Crippen LogP contribution in [0.5, 0.6) is 0 Å². The molecule has 0 radical (unpaired) electrons. The van der Waals surface area contributed by atoms with E-state index in [2.05, 4.69) is 31.0 Å². The van der Waals surface area contributed by atoms with Gasteiger partial charge in [-0.3, -0.25) is 43.7 Å². The van der Waals surface area contributed by atoms with Gasteiger partial charge in [-0.05, 0) is 85.5 Å². The summed E-state index contributed by atoms with van der Waals surface area (Å²) in [4.78, 5) is 80.1. The van der Waals surface area contributed by atoms with Gasteiger partial charge in [-0.2, -0.15) is 0 Å². The van der Waals surface area contributed by atoms with E-state index < -0.39 is 45.5 Å². The maximum atomic E-state index is 16.4. The molecule has 0 bridgehead atoms. The molecule has 6 amide bonds. The lowest BCUT2D eigenvalue weighted by Crippen LogP contribution is -2.54. The molecule has 7 N–H and O–H groups in total. The Morgan fingerprint density at radius 1 is 0.812 bits per heavy atom. The van der Waals surface area contributed by atoms with Gasteiger partial charge in [0, 0.05) is 72.2 Å². The Balaban J connectivity index is 0.696. The number of carbonyl (C=O) groups excluding carboxylic acids is 6. The molecule has 3 aromatic carbocycles. The van der Waals surface area contributed by atoms with Crippen molar-refractivity contribution in [1.82, 2.24) is 25.8 Å². The number of imide groups is 2. The fourth-order valence-corrected chi connectivity index (χ4v) is 9.69. The largest absolute Gasteiger partial charge is 0.383 e. The predicted molar refractivity (Wildman–Crippen MR) is 251 cm³/mol. The zero-order chi connectivity index (χ0) is 48.7. The van der Waals surface area contributed by atoms with Crippen molar-refractivity contribution in [1.29, 1.82) is 0 Å². The van der Waals surface area contributed by atoms with Crippen molar-refractivity contribution in [3.8, 4) is 22.3 Å². The van der Waals surface area contributed by atoms with E-state index in [0.717, 1.165) is 28.9 Å². The third kappa shape index (κ3) is 11.6. The minimum absolute atomic E-state index is 0.0344. The summed E-state index contributed by atoms with van der Waals surface area (Å²) in [7, 11) is -3.90. The molecule has 1 unspecified atom stereocenters. The van der Waals surface area contributed by atoms with E-state index in [-0.39, 0.29) is 124 Å². The van der Waals surface area contributed by atoms with Crippen LogP contribution in [0, 0.1) is 5.82 Å². The number of hydrogen-bond acceptors (Lipinski definition) is 14. The number of aromatic nitrogens is 1. The molecule has 4 aromatic rings. The quantitative estimate of drug-likeness (QED) is 0.0459. The average Bonchev–Trinajstić information content (AvgIpc) is 4.13. The second-order valence-electron chi connectivity index (χ2n) is 17.0. The number of fused-ring (bicyclic) bond motifs is 2. The summed E-state index contributed by atoms with van der Waals surface area (Å²) in [5, 5.41) is 10.8. The fourth-order valence-electron chi connectivity index (χ4n) is 8.55. The highest BCUT2D eigenvalue weighted by molar-refractivity contribution is 7.92. The summed E-state index contributed by atoms with van der Waals surface area (Å²) >= 11 is 0. The van der Waals surface area contributed by atoms with E-state index in [1.165, 1.54) is 18.3 Å². The van der Waals surface area contributed by atoms with Crippen LogP contribution in [-0.4, -0.2) is 125 Å². The Kier molecular flexibility index (Phi) is 15.3. The number of carbonyl (C=O) groups is 6. The van der Waals surface area contributed by atoms with Crippen LogP contribution in [-0.2, 0) is 45.0 Å². The van der Waals surface area contributed by atoms with Crippen molar-refractivity contribution < 1.29 is 55.8 Å². The van der Waals surface area contributed by atoms with Crippen LogP contribution >= 0.6 is 0 Å². The highest BCUT2D eigenvalue weighted by Crippen LogP contribution is 2.47. The topological polar surface area (TPSA) is 267 Å². The Morgan fingerprint density at radius 3 is 2.33 bits per heavy atom. The van der Waals surface area contributed by atoms with Gasteiger partial charge in [0.2, 0.25) is 27.7 Å². The van der Waals surface area contributed by atoms with E-state index in [4.69, 9.17) is 19.9 Å². The van der Waals surface area contributed by atoms with Crippen LogP contribution in [0.4, 0.5) is 21.6 Å². The van der Waals surface area contributed by atoms with Gasteiger partial charge in [0.25, 0.3) is 17.7 Å².